The molecule has 0 aromatic carbocycles. The van der Waals surface area contributed by atoms with E-state index in [0.29, 0.717) is 0 Å². The maximum absolute atomic E-state index is 2.23. The molecule has 0 aliphatic rings. The van der Waals surface area contributed by atoms with Gasteiger partial charge >= 0.3 is 0 Å². The average Bonchev–Trinajstić information content (AvgIpc) is 1.99. The summed E-state index contributed by atoms with van der Waals surface area (Å²) in [4.78, 5) is 0. The molecular formula is C10H18. The molecule has 0 saturated carbocycles. The molecular weight excluding hydrogens is 120 g/mol. The van der Waals surface area contributed by atoms with Gasteiger partial charge in [0.1, 0.15) is 0 Å². The second-order valence-corrected chi connectivity index (χ2v) is 2.37. The molecule has 0 heteroatoms. The molecule has 0 aromatic rings. The Morgan fingerprint density at radius 1 is 1.10 bits per heavy atom. The van der Waals surface area contributed by atoms with Crippen LogP contribution in [0.5, 0.6) is 0 Å². The van der Waals surface area contributed by atoms with Crippen LogP contribution in [0.2, 0.25) is 0 Å². The Morgan fingerprint density at radius 2 is 1.70 bits per heavy atom. The van der Waals surface area contributed by atoms with E-state index in [1.807, 2.05) is 0 Å². The van der Waals surface area contributed by atoms with Crippen LogP contribution < -0.4 is 0 Å². The molecule has 0 bridgehead atoms. The maximum atomic E-state index is 2.23. The summed E-state index contributed by atoms with van der Waals surface area (Å²) in [5.74, 6) is 0. The van der Waals surface area contributed by atoms with Crippen LogP contribution in [0, 0.1) is 0 Å². The predicted molar refractivity (Wildman–Crippen MR) is 48.1 cm³/mol. The average molecular weight is 138 g/mol. The monoisotopic (exact) mass is 138 g/mol. The van der Waals surface area contributed by atoms with Gasteiger partial charge < -0.3 is 0 Å². The molecule has 58 valence electrons. The lowest BCUT2D eigenvalue weighted by Crippen LogP contribution is -1.74. The van der Waals surface area contributed by atoms with E-state index in [-0.39, 0.29) is 0 Å². The van der Waals surface area contributed by atoms with Crippen LogP contribution in [-0.4, -0.2) is 0 Å². The van der Waals surface area contributed by atoms with Crippen LogP contribution >= 0.6 is 0 Å². The summed E-state index contributed by atoms with van der Waals surface area (Å²) in [6.45, 7) is 6.56. The third-order valence-corrected chi connectivity index (χ3v) is 1.61. The molecule has 0 amide bonds. The normalized spacial score (nSPS) is 10.3. The molecule has 0 aliphatic carbocycles. The Balaban J connectivity index is 3.74. The van der Waals surface area contributed by atoms with Crippen molar-refractivity contribution in [3.63, 3.8) is 0 Å². The van der Waals surface area contributed by atoms with Crippen LogP contribution in [0.25, 0.3) is 0 Å². The highest BCUT2D eigenvalue weighted by Crippen LogP contribution is 2.04. The van der Waals surface area contributed by atoms with Gasteiger partial charge in [0, 0.05) is 0 Å². The van der Waals surface area contributed by atoms with Gasteiger partial charge in [-0.2, -0.15) is 0 Å². The molecule has 0 radical (unpaired) electrons. The Labute approximate surface area is 64.6 Å². The Bertz CT molecular complexity index is 112. The quantitative estimate of drug-likeness (QED) is 0.520. The van der Waals surface area contributed by atoms with Crippen LogP contribution in [0.3, 0.4) is 0 Å². The first kappa shape index (κ1) is 9.48. The fraction of sp³-hybridized carbons (Fsp3) is 0.600. The molecule has 0 rings (SSSR count). The van der Waals surface area contributed by atoms with Crippen molar-refractivity contribution in [2.24, 2.45) is 0 Å². The first-order chi connectivity index (χ1) is 4.85. The smallest absolute Gasteiger partial charge is 0.0346 e. The highest BCUT2D eigenvalue weighted by atomic mass is 13.9. The summed E-state index contributed by atoms with van der Waals surface area (Å²) in [6.07, 6.45) is 10.1. The largest absolute Gasteiger partial charge is 0.0848 e. The number of hydrogen-bond donors (Lipinski definition) is 0. The summed E-state index contributed by atoms with van der Waals surface area (Å²) in [7, 11) is 0. The van der Waals surface area contributed by atoms with E-state index in [9.17, 15) is 0 Å². The van der Waals surface area contributed by atoms with Crippen LogP contribution in [0.15, 0.2) is 23.8 Å². The van der Waals surface area contributed by atoms with Crippen molar-refractivity contribution in [1.82, 2.24) is 0 Å². The van der Waals surface area contributed by atoms with Crippen molar-refractivity contribution in [3.8, 4) is 0 Å². The summed E-state index contributed by atoms with van der Waals surface area (Å²) in [6, 6.07) is 0. The molecule has 0 nitrogen and oxygen atoms in total. The molecule has 0 unspecified atom stereocenters. The van der Waals surface area contributed by atoms with Crippen molar-refractivity contribution < 1.29 is 0 Å². The Morgan fingerprint density at radius 3 is 2.10 bits per heavy atom. The summed E-state index contributed by atoms with van der Waals surface area (Å²) >= 11 is 0. The van der Waals surface area contributed by atoms with Gasteiger partial charge in [0.15, 0.2) is 0 Å². The molecule has 0 aromatic heterocycles. The Hall–Kier alpha value is -0.520. The van der Waals surface area contributed by atoms with E-state index in [0.717, 1.165) is 6.42 Å². The van der Waals surface area contributed by atoms with Crippen LogP contribution in [0.4, 0.5) is 0 Å². The number of allylic oxidation sites excluding steroid dienone is 4. The zero-order chi connectivity index (χ0) is 7.82. The van der Waals surface area contributed by atoms with Gasteiger partial charge in [-0.1, -0.05) is 44.6 Å². The van der Waals surface area contributed by atoms with Gasteiger partial charge in [-0.05, 0) is 19.3 Å². The van der Waals surface area contributed by atoms with Gasteiger partial charge in [0.2, 0.25) is 0 Å². The van der Waals surface area contributed by atoms with Gasteiger partial charge in [-0.3, -0.25) is 0 Å². The second kappa shape index (κ2) is 6.60. The highest BCUT2D eigenvalue weighted by molar-refractivity contribution is 5.11. The third-order valence-electron chi connectivity index (χ3n) is 1.61. The minimum absolute atomic E-state index is 1.14. The number of rotatable bonds is 4. The standard InChI is InChI=1S/C10H18/c1-4-7-8-9-10(5-2)6-3/h7-9H,4-6H2,1-3H3. The molecule has 0 saturated heterocycles. The Kier molecular flexibility index (Phi) is 6.25. The molecule has 0 aliphatic heterocycles. The fourth-order valence-electron chi connectivity index (χ4n) is 0.826. The van der Waals surface area contributed by atoms with E-state index in [2.05, 4.69) is 39.0 Å². The molecule has 0 heterocycles. The van der Waals surface area contributed by atoms with Crippen molar-refractivity contribution in [1.29, 1.82) is 0 Å². The first-order valence-electron chi connectivity index (χ1n) is 4.19. The number of hydrogen-bond acceptors (Lipinski definition) is 0. The first-order valence-corrected chi connectivity index (χ1v) is 4.19. The van der Waals surface area contributed by atoms with E-state index in [1.54, 1.807) is 0 Å². The zero-order valence-electron chi connectivity index (χ0n) is 7.35. The van der Waals surface area contributed by atoms with Gasteiger partial charge in [-0.15, -0.1) is 0 Å². The van der Waals surface area contributed by atoms with Gasteiger partial charge in [0.25, 0.3) is 0 Å². The van der Waals surface area contributed by atoms with E-state index in [1.165, 1.54) is 18.4 Å². The third kappa shape index (κ3) is 4.37. The van der Waals surface area contributed by atoms with Gasteiger partial charge in [0.05, 0.1) is 0 Å². The van der Waals surface area contributed by atoms with Crippen molar-refractivity contribution in [3.05, 3.63) is 23.8 Å². The fourth-order valence-corrected chi connectivity index (χ4v) is 0.826. The van der Waals surface area contributed by atoms with Gasteiger partial charge in [-0.25, -0.2) is 0 Å². The van der Waals surface area contributed by atoms with Crippen molar-refractivity contribution in [2.75, 3.05) is 0 Å². The lowest BCUT2D eigenvalue weighted by Gasteiger charge is -1.94. The van der Waals surface area contributed by atoms with Crippen molar-refractivity contribution in [2.45, 2.75) is 40.0 Å². The minimum atomic E-state index is 1.14. The summed E-state index contributed by atoms with van der Waals surface area (Å²) < 4.78 is 0. The van der Waals surface area contributed by atoms with Crippen LogP contribution in [-0.2, 0) is 0 Å². The summed E-state index contributed by atoms with van der Waals surface area (Å²) in [5, 5.41) is 0. The maximum Gasteiger partial charge on any atom is -0.0346 e. The molecule has 0 fully saturated rings. The van der Waals surface area contributed by atoms with Crippen molar-refractivity contribution >= 4 is 0 Å². The van der Waals surface area contributed by atoms with E-state index in [4.69, 9.17) is 0 Å². The van der Waals surface area contributed by atoms with Crippen LogP contribution in [0.1, 0.15) is 40.0 Å². The van der Waals surface area contributed by atoms with E-state index >= 15 is 0 Å². The lowest BCUT2D eigenvalue weighted by molar-refractivity contribution is 0.977. The summed E-state index contributed by atoms with van der Waals surface area (Å²) in [5.41, 5.74) is 1.53. The topological polar surface area (TPSA) is 0 Å². The molecule has 0 N–H and O–H groups in total. The SMILES string of the molecule is CCC=CC=C(CC)CC. The predicted octanol–water partition coefficient (Wildman–Crippen LogP) is 3.70. The lowest BCUT2D eigenvalue weighted by atomic mass is 10.1. The second-order valence-electron chi connectivity index (χ2n) is 2.37. The zero-order valence-corrected chi connectivity index (χ0v) is 7.35. The molecule has 0 spiro atoms. The molecule has 10 heavy (non-hydrogen) atoms. The molecule has 0 atom stereocenters. The van der Waals surface area contributed by atoms with E-state index < -0.39 is 0 Å². The highest BCUT2D eigenvalue weighted by Gasteiger charge is 1.84. The minimum Gasteiger partial charge on any atom is -0.0848 e.